The fraction of sp³-hybridized carbons (Fsp3) is 0.333. The molecule has 0 bridgehead atoms. The number of H-pyrrole nitrogens is 1. The van der Waals surface area contributed by atoms with Gasteiger partial charge in [-0.25, -0.2) is 4.52 Å². The van der Waals surface area contributed by atoms with Crippen molar-refractivity contribution in [2.24, 2.45) is 0 Å². The van der Waals surface area contributed by atoms with Gasteiger partial charge in [0.05, 0.1) is 6.20 Å². The second-order valence-electron chi connectivity index (χ2n) is 2.41. The van der Waals surface area contributed by atoms with Gasteiger partial charge in [0, 0.05) is 18.0 Å². The second-order valence-corrected chi connectivity index (χ2v) is 2.41. The molecule has 2 heterocycles. The number of hydrogen-bond acceptors (Lipinski definition) is 2. The molecule has 0 aliphatic heterocycles. The van der Waals surface area contributed by atoms with Crippen LogP contribution in [0, 0.1) is 6.92 Å². The lowest BCUT2D eigenvalue weighted by molar-refractivity contribution is 0.936. The SMILES string of the molecule is CC.Cc1cnn2cc[nH]c(=O)c12. The molecule has 0 saturated carbocycles. The fourth-order valence-electron chi connectivity index (χ4n) is 1.10. The lowest BCUT2D eigenvalue weighted by Crippen LogP contribution is -2.08. The summed E-state index contributed by atoms with van der Waals surface area (Å²) in [7, 11) is 0. The Bertz CT molecular complexity index is 441. The zero-order chi connectivity index (χ0) is 9.84. The fourth-order valence-corrected chi connectivity index (χ4v) is 1.10. The van der Waals surface area contributed by atoms with Gasteiger partial charge in [0.15, 0.2) is 0 Å². The molecule has 2 rings (SSSR count). The summed E-state index contributed by atoms with van der Waals surface area (Å²) >= 11 is 0. The summed E-state index contributed by atoms with van der Waals surface area (Å²) < 4.78 is 1.56. The highest BCUT2D eigenvalue weighted by Crippen LogP contribution is 2.00. The maximum atomic E-state index is 11.1. The van der Waals surface area contributed by atoms with Crippen LogP contribution in [0.4, 0.5) is 0 Å². The molecule has 0 atom stereocenters. The molecule has 2 aromatic rings. The van der Waals surface area contributed by atoms with Gasteiger partial charge >= 0.3 is 0 Å². The molecule has 0 unspecified atom stereocenters. The molecule has 0 aromatic carbocycles. The Morgan fingerprint density at radius 3 is 2.77 bits per heavy atom. The molecule has 0 amide bonds. The Labute approximate surface area is 76.2 Å². The van der Waals surface area contributed by atoms with Crippen LogP contribution in [0.2, 0.25) is 0 Å². The third-order valence-electron chi connectivity index (χ3n) is 1.62. The van der Waals surface area contributed by atoms with Crippen molar-refractivity contribution in [3.05, 3.63) is 34.5 Å². The molecular weight excluding hydrogens is 166 g/mol. The number of hydrogen-bond donors (Lipinski definition) is 1. The molecule has 0 spiro atoms. The van der Waals surface area contributed by atoms with Crippen LogP contribution in [0.1, 0.15) is 19.4 Å². The van der Waals surface area contributed by atoms with Crippen molar-refractivity contribution in [2.75, 3.05) is 0 Å². The maximum absolute atomic E-state index is 11.1. The van der Waals surface area contributed by atoms with Crippen LogP contribution in [0.3, 0.4) is 0 Å². The van der Waals surface area contributed by atoms with E-state index in [0.717, 1.165) is 5.56 Å². The van der Waals surface area contributed by atoms with Gasteiger partial charge in [-0.3, -0.25) is 4.79 Å². The monoisotopic (exact) mass is 179 g/mol. The Morgan fingerprint density at radius 2 is 2.15 bits per heavy atom. The van der Waals surface area contributed by atoms with Crippen molar-refractivity contribution in [2.45, 2.75) is 20.8 Å². The Kier molecular flexibility index (Phi) is 2.84. The van der Waals surface area contributed by atoms with Crippen molar-refractivity contribution in [3.63, 3.8) is 0 Å². The number of aryl methyl sites for hydroxylation is 1. The van der Waals surface area contributed by atoms with E-state index < -0.39 is 0 Å². The van der Waals surface area contributed by atoms with Gasteiger partial charge in [-0.15, -0.1) is 0 Å². The van der Waals surface area contributed by atoms with E-state index in [1.807, 2.05) is 20.8 Å². The van der Waals surface area contributed by atoms with Gasteiger partial charge in [-0.1, -0.05) is 13.8 Å². The molecule has 0 radical (unpaired) electrons. The molecule has 70 valence electrons. The lowest BCUT2D eigenvalue weighted by Gasteiger charge is -1.89. The van der Waals surface area contributed by atoms with Gasteiger partial charge in [-0.05, 0) is 6.92 Å². The van der Waals surface area contributed by atoms with Crippen molar-refractivity contribution < 1.29 is 0 Å². The number of aromatic amines is 1. The molecule has 4 heteroatoms. The number of aromatic nitrogens is 3. The van der Waals surface area contributed by atoms with Crippen LogP contribution in [0.15, 0.2) is 23.4 Å². The Morgan fingerprint density at radius 1 is 1.46 bits per heavy atom. The average molecular weight is 179 g/mol. The predicted octanol–water partition coefficient (Wildman–Crippen LogP) is 1.36. The molecule has 0 aliphatic carbocycles. The number of nitrogens with one attached hydrogen (secondary N) is 1. The minimum absolute atomic E-state index is 0.0949. The molecule has 1 N–H and O–H groups in total. The highest BCUT2D eigenvalue weighted by Gasteiger charge is 2.00. The summed E-state index contributed by atoms with van der Waals surface area (Å²) in [6.45, 7) is 5.86. The van der Waals surface area contributed by atoms with Crippen molar-refractivity contribution in [1.82, 2.24) is 14.6 Å². The molecule has 2 aromatic heterocycles. The summed E-state index contributed by atoms with van der Waals surface area (Å²) in [5, 5.41) is 3.98. The van der Waals surface area contributed by atoms with E-state index in [0.29, 0.717) is 5.52 Å². The summed E-state index contributed by atoms with van der Waals surface area (Å²) in [6, 6.07) is 0. The Balaban J connectivity index is 0.000000396. The highest BCUT2D eigenvalue weighted by atomic mass is 16.1. The van der Waals surface area contributed by atoms with Gasteiger partial charge in [0.25, 0.3) is 5.56 Å². The quantitative estimate of drug-likeness (QED) is 0.663. The number of rotatable bonds is 0. The summed E-state index contributed by atoms with van der Waals surface area (Å²) in [5.41, 5.74) is 1.42. The van der Waals surface area contributed by atoms with Crippen molar-refractivity contribution >= 4 is 5.52 Å². The summed E-state index contributed by atoms with van der Waals surface area (Å²) in [6.07, 6.45) is 4.95. The molecule has 4 nitrogen and oxygen atoms in total. The van der Waals surface area contributed by atoms with Gasteiger partial charge < -0.3 is 4.98 Å². The zero-order valence-corrected chi connectivity index (χ0v) is 8.03. The highest BCUT2D eigenvalue weighted by molar-refractivity contribution is 5.50. The van der Waals surface area contributed by atoms with Gasteiger partial charge in [0.1, 0.15) is 5.52 Å². The summed E-state index contributed by atoms with van der Waals surface area (Å²) in [5.74, 6) is 0. The smallest absolute Gasteiger partial charge is 0.274 e. The zero-order valence-electron chi connectivity index (χ0n) is 8.03. The first-order valence-corrected chi connectivity index (χ1v) is 4.30. The Hall–Kier alpha value is -1.58. The predicted molar refractivity (Wildman–Crippen MR) is 51.9 cm³/mol. The topological polar surface area (TPSA) is 50.2 Å². The molecule has 0 saturated heterocycles. The van der Waals surface area contributed by atoms with E-state index in [1.165, 1.54) is 0 Å². The average Bonchev–Trinajstić information content (AvgIpc) is 2.53. The van der Waals surface area contributed by atoms with E-state index in [1.54, 1.807) is 23.1 Å². The summed E-state index contributed by atoms with van der Waals surface area (Å²) in [4.78, 5) is 13.7. The minimum Gasteiger partial charge on any atom is -0.326 e. The van der Waals surface area contributed by atoms with Crippen LogP contribution in [-0.2, 0) is 0 Å². The first-order valence-electron chi connectivity index (χ1n) is 4.30. The van der Waals surface area contributed by atoms with Crippen LogP contribution >= 0.6 is 0 Å². The molecule has 13 heavy (non-hydrogen) atoms. The van der Waals surface area contributed by atoms with Crippen molar-refractivity contribution in [1.29, 1.82) is 0 Å². The number of nitrogens with zero attached hydrogens (tertiary/aromatic N) is 2. The first-order chi connectivity index (χ1) is 6.29. The van der Waals surface area contributed by atoms with Gasteiger partial charge in [0.2, 0.25) is 0 Å². The molecule has 0 aliphatic rings. The van der Waals surface area contributed by atoms with E-state index in [-0.39, 0.29) is 5.56 Å². The van der Waals surface area contributed by atoms with E-state index in [2.05, 4.69) is 10.1 Å². The largest absolute Gasteiger partial charge is 0.326 e. The van der Waals surface area contributed by atoms with Crippen LogP contribution in [-0.4, -0.2) is 14.6 Å². The van der Waals surface area contributed by atoms with E-state index >= 15 is 0 Å². The van der Waals surface area contributed by atoms with Crippen LogP contribution in [0.5, 0.6) is 0 Å². The maximum Gasteiger partial charge on any atom is 0.274 e. The normalized spacial score (nSPS) is 9.46. The third-order valence-corrected chi connectivity index (χ3v) is 1.62. The second kappa shape index (κ2) is 3.89. The van der Waals surface area contributed by atoms with Crippen LogP contribution < -0.4 is 5.56 Å². The lowest BCUT2D eigenvalue weighted by atomic mass is 10.3. The minimum atomic E-state index is -0.0949. The van der Waals surface area contributed by atoms with Gasteiger partial charge in [-0.2, -0.15) is 5.10 Å². The first kappa shape index (κ1) is 9.51. The molecule has 0 fully saturated rings. The van der Waals surface area contributed by atoms with E-state index in [4.69, 9.17) is 0 Å². The molecular formula is C9H13N3O. The van der Waals surface area contributed by atoms with Crippen LogP contribution in [0.25, 0.3) is 5.52 Å². The third kappa shape index (κ3) is 1.61. The standard InChI is InChI=1S/C7H7N3O.C2H6/c1-5-4-9-10-3-2-8-7(11)6(5)10;1-2/h2-4H,1H3,(H,8,11);1-2H3. The van der Waals surface area contributed by atoms with Crippen molar-refractivity contribution in [3.8, 4) is 0 Å². The number of fused-ring (bicyclic) bond motifs is 1. The van der Waals surface area contributed by atoms with E-state index in [9.17, 15) is 4.79 Å².